The van der Waals surface area contributed by atoms with E-state index in [0.29, 0.717) is 6.54 Å². The van der Waals surface area contributed by atoms with Gasteiger partial charge in [0.1, 0.15) is 0 Å². The van der Waals surface area contributed by atoms with Crippen molar-refractivity contribution in [3.63, 3.8) is 0 Å². The molecule has 0 spiro atoms. The van der Waals surface area contributed by atoms with Crippen LogP contribution in [0.4, 0.5) is 0 Å². The summed E-state index contributed by atoms with van der Waals surface area (Å²) in [5, 5.41) is 2.64. The first-order valence-electron chi connectivity index (χ1n) is 4.42. The van der Waals surface area contributed by atoms with Gasteiger partial charge in [0.25, 0.3) is 0 Å². The zero-order chi connectivity index (χ0) is 10.7. The molecule has 0 saturated carbocycles. The zero-order valence-corrected chi connectivity index (χ0v) is 7.95. The van der Waals surface area contributed by atoms with Gasteiger partial charge in [0.2, 0.25) is 17.7 Å². The largest absolute Gasteiger partial charge is 0.369 e. The van der Waals surface area contributed by atoms with Crippen LogP contribution in [0.1, 0.15) is 13.3 Å². The quantitative estimate of drug-likeness (QED) is 0.523. The lowest BCUT2D eigenvalue weighted by Crippen LogP contribution is -2.42. The summed E-state index contributed by atoms with van der Waals surface area (Å²) < 4.78 is 0. The Balaban J connectivity index is 2.53. The lowest BCUT2D eigenvalue weighted by molar-refractivity contribution is -0.138. The third-order valence-electron chi connectivity index (χ3n) is 2.08. The van der Waals surface area contributed by atoms with Crippen molar-refractivity contribution in [1.29, 1.82) is 0 Å². The first-order valence-corrected chi connectivity index (χ1v) is 4.42. The summed E-state index contributed by atoms with van der Waals surface area (Å²) in [7, 11) is 0. The van der Waals surface area contributed by atoms with E-state index in [1.54, 1.807) is 6.92 Å². The van der Waals surface area contributed by atoms with Crippen molar-refractivity contribution in [2.24, 2.45) is 5.73 Å². The molecule has 1 rings (SSSR count). The van der Waals surface area contributed by atoms with Crippen LogP contribution in [-0.4, -0.2) is 41.8 Å². The van der Waals surface area contributed by atoms with E-state index in [1.165, 1.54) is 4.90 Å². The highest BCUT2D eigenvalue weighted by Gasteiger charge is 2.37. The molecule has 0 aromatic carbocycles. The molecule has 1 unspecified atom stereocenters. The molecule has 0 aromatic heterocycles. The summed E-state index contributed by atoms with van der Waals surface area (Å²) in [6.07, 6.45) is 0.111. The number of nitrogens with zero attached hydrogens (tertiary/aromatic N) is 1. The molecule has 14 heavy (non-hydrogen) atoms. The van der Waals surface area contributed by atoms with Crippen LogP contribution in [-0.2, 0) is 14.4 Å². The number of rotatable bonds is 4. The average molecular weight is 199 g/mol. The van der Waals surface area contributed by atoms with Gasteiger partial charge in [-0.15, -0.1) is 0 Å². The van der Waals surface area contributed by atoms with Gasteiger partial charge in [-0.05, 0) is 6.92 Å². The Hall–Kier alpha value is -1.43. The van der Waals surface area contributed by atoms with Crippen LogP contribution >= 0.6 is 0 Å². The molecule has 0 aromatic rings. The minimum absolute atomic E-state index is 0.0821. The number of nitrogens with two attached hydrogens (primary N) is 1. The third-order valence-corrected chi connectivity index (χ3v) is 2.08. The van der Waals surface area contributed by atoms with Crippen molar-refractivity contribution in [3.05, 3.63) is 0 Å². The number of nitrogens with one attached hydrogen (secondary N) is 1. The summed E-state index contributed by atoms with van der Waals surface area (Å²) in [6, 6.07) is -0.588. The molecule has 1 atom stereocenters. The molecule has 0 aliphatic carbocycles. The number of likely N-dealkylation sites (tertiary alicyclic amines) is 1. The summed E-state index contributed by atoms with van der Waals surface area (Å²) in [6.45, 7) is 2.01. The predicted octanol–water partition coefficient (Wildman–Crippen LogP) is -1.79. The van der Waals surface area contributed by atoms with Crippen LogP contribution in [0, 0.1) is 0 Å². The van der Waals surface area contributed by atoms with Crippen LogP contribution < -0.4 is 11.1 Å². The second-order valence-electron chi connectivity index (χ2n) is 3.08. The molecular weight excluding hydrogens is 186 g/mol. The summed E-state index contributed by atoms with van der Waals surface area (Å²) in [4.78, 5) is 34.3. The smallest absolute Gasteiger partial charge is 0.246 e. The van der Waals surface area contributed by atoms with E-state index in [0.717, 1.165) is 0 Å². The van der Waals surface area contributed by atoms with Crippen LogP contribution in [0.15, 0.2) is 0 Å². The first kappa shape index (κ1) is 10.6. The lowest BCUT2D eigenvalue weighted by atomic mass is 10.2. The molecule has 3 amide bonds. The standard InChI is InChI=1S/C8H13N3O3/c1-2-11-7(13)3-5(8(11)14)10-4-6(9)12/h5,10H,2-4H2,1H3,(H2,9,12). The number of hydrogen-bond acceptors (Lipinski definition) is 4. The molecule has 3 N–H and O–H groups in total. The molecule has 0 radical (unpaired) electrons. The Kier molecular flexibility index (Phi) is 3.19. The molecule has 1 heterocycles. The highest BCUT2D eigenvalue weighted by Crippen LogP contribution is 2.11. The van der Waals surface area contributed by atoms with Crippen LogP contribution in [0.2, 0.25) is 0 Å². The highest BCUT2D eigenvalue weighted by molar-refractivity contribution is 6.05. The van der Waals surface area contributed by atoms with Crippen molar-refractivity contribution in [2.75, 3.05) is 13.1 Å². The number of likely N-dealkylation sites (N-methyl/N-ethyl adjacent to an activating group) is 1. The average Bonchev–Trinajstić information content (AvgIpc) is 2.38. The van der Waals surface area contributed by atoms with E-state index >= 15 is 0 Å². The molecule has 0 bridgehead atoms. The lowest BCUT2D eigenvalue weighted by Gasteiger charge is -2.11. The van der Waals surface area contributed by atoms with Gasteiger partial charge >= 0.3 is 0 Å². The van der Waals surface area contributed by atoms with Gasteiger partial charge < -0.3 is 5.73 Å². The maximum atomic E-state index is 11.4. The number of primary amides is 1. The van der Waals surface area contributed by atoms with Crippen LogP contribution in [0.3, 0.4) is 0 Å². The monoisotopic (exact) mass is 199 g/mol. The van der Waals surface area contributed by atoms with Crippen molar-refractivity contribution in [3.8, 4) is 0 Å². The second-order valence-corrected chi connectivity index (χ2v) is 3.08. The Morgan fingerprint density at radius 3 is 2.71 bits per heavy atom. The number of imide groups is 1. The highest BCUT2D eigenvalue weighted by atomic mass is 16.2. The Morgan fingerprint density at radius 2 is 2.29 bits per heavy atom. The van der Waals surface area contributed by atoms with Gasteiger partial charge in [0.15, 0.2) is 0 Å². The number of carbonyl (C=O) groups is 3. The normalized spacial score (nSPS) is 21.8. The minimum Gasteiger partial charge on any atom is -0.369 e. The van der Waals surface area contributed by atoms with Crippen LogP contribution in [0.5, 0.6) is 0 Å². The maximum Gasteiger partial charge on any atom is 0.246 e. The van der Waals surface area contributed by atoms with E-state index in [9.17, 15) is 14.4 Å². The van der Waals surface area contributed by atoms with Crippen molar-refractivity contribution >= 4 is 17.7 Å². The summed E-state index contributed by atoms with van der Waals surface area (Å²) in [5.74, 6) is -1.03. The fraction of sp³-hybridized carbons (Fsp3) is 0.625. The fourth-order valence-corrected chi connectivity index (χ4v) is 1.40. The molecule has 6 nitrogen and oxygen atoms in total. The number of hydrogen-bond donors (Lipinski definition) is 2. The van der Waals surface area contributed by atoms with Gasteiger partial charge in [0.05, 0.1) is 19.0 Å². The Bertz CT molecular complexity index is 277. The van der Waals surface area contributed by atoms with Crippen molar-refractivity contribution in [1.82, 2.24) is 10.2 Å². The van der Waals surface area contributed by atoms with Crippen LogP contribution in [0.25, 0.3) is 0 Å². The molecule has 78 valence electrons. The van der Waals surface area contributed by atoms with E-state index in [4.69, 9.17) is 5.73 Å². The molecule has 6 heteroatoms. The van der Waals surface area contributed by atoms with Gasteiger partial charge in [-0.3, -0.25) is 24.6 Å². The maximum absolute atomic E-state index is 11.4. The molecule has 1 aliphatic rings. The molecule has 1 aliphatic heterocycles. The first-order chi connectivity index (χ1) is 6.56. The van der Waals surface area contributed by atoms with E-state index in [1.807, 2.05) is 0 Å². The van der Waals surface area contributed by atoms with E-state index in [2.05, 4.69) is 5.32 Å². The Morgan fingerprint density at radius 1 is 1.64 bits per heavy atom. The van der Waals surface area contributed by atoms with E-state index < -0.39 is 11.9 Å². The van der Waals surface area contributed by atoms with Gasteiger partial charge in [0, 0.05) is 6.54 Å². The summed E-state index contributed by atoms with van der Waals surface area (Å²) in [5.41, 5.74) is 4.91. The summed E-state index contributed by atoms with van der Waals surface area (Å²) >= 11 is 0. The predicted molar refractivity (Wildman–Crippen MR) is 48.0 cm³/mol. The number of carbonyl (C=O) groups excluding carboxylic acids is 3. The molecule has 1 fully saturated rings. The minimum atomic E-state index is -0.588. The van der Waals surface area contributed by atoms with Crippen molar-refractivity contribution < 1.29 is 14.4 Å². The molecular formula is C8H13N3O3. The SMILES string of the molecule is CCN1C(=O)CC(NCC(N)=O)C1=O. The van der Waals surface area contributed by atoms with Crippen molar-refractivity contribution in [2.45, 2.75) is 19.4 Å². The Labute approximate surface area is 81.4 Å². The topological polar surface area (TPSA) is 92.5 Å². The second kappa shape index (κ2) is 4.19. The molecule has 1 saturated heterocycles. The van der Waals surface area contributed by atoms with Gasteiger partial charge in [-0.2, -0.15) is 0 Å². The third kappa shape index (κ3) is 2.08. The van der Waals surface area contributed by atoms with E-state index in [-0.39, 0.29) is 24.8 Å². The fourth-order valence-electron chi connectivity index (χ4n) is 1.40. The zero-order valence-electron chi connectivity index (χ0n) is 7.95. The van der Waals surface area contributed by atoms with Gasteiger partial charge in [-0.25, -0.2) is 0 Å². The van der Waals surface area contributed by atoms with Gasteiger partial charge in [-0.1, -0.05) is 0 Å². The number of amides is 3.